The lowest BCUT2D eigenvalue weighted by Crippen LogP contribution is -2.44. The van der Waals surface area contributed by atoms with Gasteiger partial charge in [-0.1, -0.05) is 43.3 Å². The summed E-state index contributed by atoms with van der Waals surface area (Å²) in [5, 5.41) is 13.7. The molecule has 2 rings (SSSR count). The summed E-state index contributed by atoms with van der Waals surface area (Å²) in [6.07, 6.45) is 0.681. The summed E-state index contributed by atoms with van der Waals surface area (Å²) in [5.41, 5.74) is 1.31. The van der Waals surface area contributed by atoms with E-state index in [2.05, 4.69) is 5.32 Å². The van der Waals surface area contributed by atoms with Crippen molar-refractivity contribution in [2.45, 2.75) is 26.3 Å². The third-order valence-electron chi connectivity index (χ3n) is 3.59. The molecule has 1 amide bonds. The van der Waals surface area contributed by atoms with Crippen molar-refractivity contribution < 1.29 is 19.4 Å². The number of amides is 1. The first-order valence-corrected chi connectivity index (χ1v) is 7.65. The lowest BCUT2D eigenvalue weighted by Gasteiger charge is -2.17. The highest BCUT2D eigenvalue weighted by atomic mass is 16.5. The van der Waals surface area contributed by atoms with Crippen LogP contribution in [0.2, 0.25) is 0 Å². The van der Waals surface area contributed by atoms with Crippen LogP contribution in [0, 0.1) is 6.92 Å². The van der Waals surface area contributed by atoms with Crippen molar-refractivity contribution >= 4 is 22.6 Å². The molecule has 1 atom stereocenters. The van der Waals surface area contributed by atoms with Crippen LogP contribution in [0.1, 0.15) is 29.3 Å². The molecule has 0 aliphatic rings. The fourth-order valence-corrected chi connectivity index (χ4v) is 2.39. The number of nitrogens with one attached hydrogen (secondary N) is 1. The molecule has 0 aromatic heterocycles. The van der Waals surface area contributed by atoms with Crippen LogP contribution in [-0.2, 0) is 9.53 Å². The molecule has 0 saturated heterocycles. The average molecular weight is 315 g/mol. The van der Waals surface area contributed by atoms with E-state index in [1.165, 1.54) is 0 Å². The summed E-state index contributed by atoms with van der Waals surface area (Å²) in [5.74, 6) is -1.02. The monoisotopic (exact) mass is 315 g/mol. The molecule has 122 valence electrons. The normalized spacial score (nSPS) is 12.0. The van der Waals surface area contributed by atoms with Crippen molar-refractivity contribution in [1.29, 1.82) is 0 Å². The Morgan fingerprint density at radius 1 is 1.22 bits per heavy atom. The van der Waals surface area contributed by atoms with Crippen molar-refractivity contribution in [3.05, 3.63) is 47.5 Å². The molecule has 23 heavy (non-hydrogen) atoms. The summed E-state index contributed by atoms with van der Waals surface area (Å²) < 4.78 is 4.99. The van der Waals surface area contributed by atoms with Crippen molar-refractivity contribution in [2.24, 2.45) is 0 Å². The third-order valence-corrected chi connectivity index (χ3v) is 3.59. The number of rotatable bonds is 6. The van der Waals surface area contributed by atoms with E-state index in [0.29, 0.717) is 12.0 Å². The molecule has 0 heterocycles. The number of esters is 1. The highest BCUT2D eigenvalue weighted by Crippen LogP contribution is 2.22. The van der Waals surface area contributed by atoms with Crippen LogP contribution in [-0.4, -0.2) is 36.2 Å². The minimum absolute atomic E-state index is 0.262. The number of aryl methyl sites for hydroxylation is 1. The maximum atomic E-state index is 12.6. The van der Waals surface area contributed by atoms with E-state index in [9.17, 15) is 14.7 Å². The first-order valence-electron chi connectivity index (χ1n) is 7.65. The standard InChI is InChI=1S/C18H21NO4/c1-3-10-23-18(22)15(11-20)19-17(21)16-12(2)8-9-13-6-4-5-7-14(13)16/h4-9,15,20H,3,10-11H2,1-2H3,(H,19,21)/t15-/m0/s1. The topological polar surface area (TPSA) is 75.6 Å². The summed E-state index contributed by atoms with van der Waals surface area (Å²) in [6, 6.07) is 10.3. The number of aliphatic hydroxyl groups is 1. The Hall–Kier alpha value is -2.40. The first-order chi connectivity index (χ1) is 11.1. The quantitative estimate of drug-likeness (QED) is 0.801. The Morgan fingerprint density at radius 3 is 2.65 bits per heavy atom. The van der Waals surface area contributed by atoms with Crippen molar-refractivity contribution in [2.75, 3.05) is 13.2 Å². The molecule has 0 aliphatic carbocycles. The van der Waals surface area contributed by atoms with Crippen molar-refractivity contribution in [3.63, 3.8) is 0 Å². The molecule has 5 nitrogen and oxygen atoms in total. The van der Waals surface area contributed by atoms with Gasteiger partial charge in [-0.25, -0.2) is 4.79 Å². The van der Waals surface area contributed by atoms with Crippen LogP contribution in [0.5, 0.6) is 0 Å². The SMILES string of the molecule is CCCOC(=O)[C@H](CO)NC(=O)c1c(C)ccc2ccccc12. The number of fused-ring (bicyclic) bond motifs is 1. The molecule has 2 aromatic carbocycles. The lowest BCUT2D eigenvalue weighted by atomic mass is 9.99. The van der Waals surface area contributed by atoms with E-state index >= 15 is 0 Å². The summed E-state index contributed by atoms with van der Waals surface area (Å²) in [7, 11) is 0. The minimum Gasteiger partial charge on any atom is -0.464 e. The predicted octanol–water partition coefficient (Wildman–Crippen LogP) is 2.19. The molecule has 5 heteroatoms. The van der Waals surface area contributed by atoms with Gasteiger partial charge in [0.25, 0.3) is 5.91 Å². The fourth-order valence-electron chi connectivity index (χ4n) is 2.39. The van der Waals surface area contributed by atoms with E-state index in [0.717, 1.165) is 16.3 Å². The van der Waals surface area contributed by atoms with Crippen LogP contribution in [0.15, 0.2) is 36.4 Å². The van der Waals surface area contributed by atoms with Crippen molar-refractivity contribution in [3.8, 4) is 0 Å². The van der Waals surface area contributed by atoms with Crippen molar-refractivity contribution in [1.82, 2.24) is 5.32 Å². The summed E-state index contributed by atoms with van der Waals surface area (Å²) in [6.45, 7) is 3.47. The Morgan fingerprint density at radius 2 is 1.96 bits per heavy atom. The molecular weight excluding hydrogens is 294 g/mol. The molecule has 0 aliphatic heterocycles. The van der Waals surface area contributed by atoms with Gasteiger partial charge in [-0.15, -0.1) is 0 Å². The molecule has 0 fully saturated rings. The number of hydrogen-bond acceptors (Lipinski definition) is 4. The molecule has 0 spiro atoms. The van der Waals surface area contributed by atoms with Gasteiger partial charge in [0.05, 0.1) is 18.8 Å². The van der Waals surface area contributed by atoms with E-state index in [-0.39, 0.29) is 6.61 Å². The largest absolute Gasteiger partial charge is 0.464 e. The maximum Gasteiger partial charge on any atom is 0.331 e. The average Bonchev–Trinajstić information content (AvgIpc) is 2.57. The van der Waals surface area contributed by atoms with Gasteiger partial charge in [0, 0.05) is 0 Å². The van der Waals surface area contributed by atoms with Crippen LogP contribution in [0.25, 0.3) is 10.8 Å². The van der Waals surface area contributed by atoms with E-state index in [4.69, 9.17) is 4.74 Å². The summed E-state index contributed by atoms with van der Waals surface area (Å²) in [4.78, 5) is 24.4. The van der Waals surface area contributed by atoms with Crippen LogP contribution < -0.4 is 5.32 Å². The number of aliphatic hydroxyl groups excluding tert-OH is 1. The highest BCUT2D eigenvalue weighted by Gasteiger charge is 2.23. The van der Waals surface area contributed by atoms with Gasteiger partial charge in [-0.3, -0.25) is 4.79 Å². The van der Waals surface area contributed by atoms with Gasteiger partial charge in [0.1, 0.15) is 0 Å². The molecule has 2 aromatic rings. The van der Waals surface area contributed by atoms with Gasteiger partial charge in [-0.2, -0.15) is 0 Å². The zero-order chi connectivity index (χ0) is 16.8. The predicted molar refractivity (Wildman–Crippen MR) is 88.3 cm³/mol. The van der Waals surface area contributed by atoms with E-state index in [1.807, 2.05) is 50.2 Å². The zero-order valence-electron chi connectivity index (χ0n) is 13.3. The molecular formula is C18H21NO4. The smallest absolute Gasteiger partial charge is 0.331 e. The minimum atomic E-state index is -1.06. The van der Waals surface area contributed by atoms with Gasteiger partial charge in [0.15, 0.2) is 6.04 Å². The Bertz CT molecular complexity index is 711. The van der Waals surface area contributed by atoms with Gasteiger partial charge < -0.3 is 15.2 Å². The number of carbonyl (C=O) groups excluding carboxylic acids is 2. The van der Waals surface area contributed by atoms with E-state index in [1.54, 1.807) is 0 Å². The Balaban J connectivity index is 2.26. The Kier molecular flexibility index (Phi) is 5.71. The van der Waals surface area contributed by atoms with Gasteiger partial charge in [-0.05, 0) is 29.7 Å². The lowest BCUT2D eigenvalue weighted by molar-refractivity contribution is -0.146. The molecule has 0 radical (unpaired) electrons. The second-order valence-electron chi connectivity index (χ2n) is 5.35. The molecule has 0 unspecified atom stereocenters. The Labute approximate surface area is 135 Å². The number of hydrogen-bond donors (Lipinski definition) is 2. The molecule has 0 saturated carbocycles. The van der Waals surface area contributed by atoms with E-state index < -0.39 is 24.5 Å². The highest BCUT2D eigenvalue weighted by molar-refractivity contribution is 6.09. The fraction of sp³-hybridized carbons (Fsp3) is 0.333. The second kappa shape index (κ2) is 7.74. The maximum absolute atomic E-state index is 12.6. The number of carbonyl (C=O) groups is 2. The first kappa shape index (κ1) is 17.0. The van der Waals surface area contributed by atoms with Crippen LogP contribution >= 0.6 is 0 Å². The van der Waals surface area contributed by atoms with Gasteiger partial charge >= 0.3 is 5.97 Å². The second-order valence-corrected chi connectivity index (χ2v) is 5.35. The van der Waals surface area contributed by atoms with Gasteiger partial charge in [0.2, 0.25) is 0 Å². The van der Waals surface area contributed by atoms with Crippen LogP contribution in [0.3, 0.4) is 0 Å². The van der Waals surface area contributed by atoms with Crippen LogP contribution in [0.4, 0.5) is 0 Å². The number of ether oxygens (including phenoxy) is 1. The molecule has 0 bridgehead atoms. The number of benzene rings is 2. The summed E-state index contributed by atoms with van der Waals surface area (Å²) >= 11 is 0. The molecule has 2 N–H and O–H groups in total. The zero-order valence-corrected chi connectivity index (χ0v) is 13.3. The third kappa shape index (κ3) is 3.87.